The second kappa shape index (κ2) is 19.2. The third-order valence-corrected chi connectivity index (χ3v) is 7.25. The number of hydrogen-bond acceptors (Lipinski definition) is 11. The maximum Gasteiger partial charge on any atom is 0.573 e. The summed E-state index contributed by atoms with van der Waals surface area (Å²) in [5, 5.41) is 17.1. The molecule has 0 saturated heterocycles. The SMILES string of the molecule is Cc1cc(NCCCN(C)C)nc(NC(=O)Nc2cccc(CN(C)CCCNc3cc(C)nc(NC(=O)Nc4ccc(OC(F)(F)F)cc4)n3)c2)n1. The van der Waals surface area contributed by atoms with Gasteiger partial charge < -0.3 is 35.8 Å². The summed E-state index contributed by atoms with van der Waals surface area (Å²) in [6.45, 7) is 7.30. The minimum absolute atomic E-state index is 0.0561. The molecule has 0 fully saturated rings. The molecule has 0 radical (unpaired) electrons. The molecule has 18 heteroatoms. The molecule has 4 amide bonds. The van der Waals surface area contributed by atoms with Crippen molar-refractivity contribution < 1.29 is 27.5 Å². The van der Waals surface area contributed by atoms with Crippen molar-refractivity contribution in [2.75, 3.05) is 79.2 Å². The van der Waals surface area contributed by atoms with E-state index >= 15 is 0 Å². The van der Waals surface area contributed by atoms with Gasteiger partial charge in [0.2, 0.25) is 11.9 Å². The van der Waals surface area contributed by atoms with Crippen molar-refractivity contribution in [1.29, 1.82) is 0 Å². The first kappa shape index (κ1) is 40.0. The molecule has 53 heavy (non-hydrogen) atoms. The monoisotopic (exact) mass is 738 g/mol. The molecule has 284 valence electrons. The van der Waals surface area contributed by atoms with Crippen LogP contribution in [0.3, 0.4) is 0 Å². The number of carbonyl (C=O) groups is 2. The van der Waals surface area contributed by atoms with E-state index in [1.165, 1.54) is 12.1 Å². The Morgan fingerprint density at radius 2 is 1.25 bits per heavy atom. The van der Waals surface area contributed by atoms with Crippen LogP contribution in [0, 0.1) is 13.8 Å². The third-order valence-electron chi connectivity index (χ3n) is 7.25. The fourth-order valence-electron chi connectivity index (χ4n) is 5.01. The molecule has 0 bridgehead atoms. The van der Waals surface area contributed by atoms with E-state index in [1.54, 1.807) is 13.0 Å². The molecule has 15 nitrogen and oxygen atoms in total. The number of urea groups is 2. The number of anilines is 6. The van der Waals surface area contributed by atoms with Crippen molar-refractivity contribution in [1.82, 2.24) is 29.7 Å². The van der Waals surface area contributed by atoms with Gasteiger partial charge in [-0.25, -0.2) is 19.6 Å². The predicted molar refractivity (Wildman–Crippen MR) is 199 cm³/mol. The van der Waals surface area contributed by atoms with Crippen LogP contribution in [-0.4, -0.2) is 95.5 Å². The second-order valence-corrected chi connectivity index (χ2v) is 12.5. The number of halogens is 3. The molecule has 0 atom stereocenters. The molecule has 0 saturated carbocycles. The Hall–Kier alpha value is -5.75. The van der Waals surface area contributed by atoms with Gasteiger partial charge in [-0.3, -0.25) is 10.6 Å². The smallest absolute Gasteiger partial charge is 0.406 e. The van der Waals surface area contributed by atoms with E-state index in [0.717, 1.165) is 55.9 Å². The maximum atomic E-state index is 12.8. The van der Waals surface area contributed by atoms with E-state index in [1.807, 2.05) is 58.4 Å². The molecule has 4 rings (SSSR count). The molecule has 0 aliphatic carbocycles. The van der Waals surface area contributed by atoms with Gasteiger partial charge in [0.25, 0.3) is 0 Å². The van der Waals surface area contributed by atoms with Gasteiger partial charge in [-0.05, 0) is 103 Å². The number of carbonyl (C=O) groups excluding carboxylic acids is 2. The van der Waals surface area contributed by atoms with Crippen molar-refractivity contribution >= 4 is 47.0 Å². The van der Waals surface area contributed by atoms with Crippen LogP contribution in [-0.2, 0) is 6.54 Å². The van der Waals surface area contributed by atoms with Crippen molar-refractivity contribution in [3.8, 4) is 5.75 Å². The van der Waals surface area contributed by atoms with Crippen LogP contribution in [0.2, 0.25) is 0 Å². The van der Waals surface area contributed by atoms with Gasteiger partial charge in [0, 0.05) is 54.5 Å². The average Bonchev–Trinajstić information content (AvgIpc) is 3.05. The quantitative estimate of drug-likeness (QED) is 0.0665. The van der Waals surface area contributed by atoms with Gasteiger partial charge in [0.1, 0.15) is 17.4 Å². The molecule has 6 N–H and O–H groups in total. The number of aryl methyl sites for hydroxylation is 2. The lowest BCUT2D eigenvalue weighted by Crippen LogP contribution is -2.23. The highest BCUT2D eigenvalue weighted by Crippen LogP contribution is 2.24. The Labute approximate surface area is 306 Å². The van der Waals surface area contributed by atoms with Gasteiger partial charge in [-0.1, -0.05) is 12.1 Å². The summed E-state index contributed by atoms with van der Waals surface area (Å²) in [6, 6.07) is 14.8. The number of benzene rings is 2. The first-order valence-electron chi connectivity index (χ1n) is 16.8. The predicted octanol–water partition coefficient (Wildman–Crippen LogP) is 6.37. The van der Waals surface area contributed by atoms with E-state index in [4.69, 9.17) is 0 Å². The summed E-state index contributed by atoms with van der Waals surface area (Å²) < 4.78 is 41.0. The fraction of sp³-hybridized carbons (Fsp3) is 0.371. The number of amides is 4. The van der Waals surface area contributed by atoms with Crippen LogP contribution in [0.1, 0.15) is 29.8 Å². The van der Waals surface area contributed by atoms with E-state index in [0.29, 0.717) is 36.1 Å². The van der Waals surface area contributed by atoms with Gasteiger partial charge in [-0.15, -0.1) is 13.2 Å². The summed E-state index contributed by atoms with van der Waals surface area (Å²) in [4.78, 5) is 46.8. The van der Waals surface area contributed by atoms with Crippen LogP contribution in [0.5, 0.6) is 5.75 Å². The number of ether oxygens (including phenoxy) is 1. The number of hydrogen-bond donors (Lipinski definition) is 6. The molecule has 2 aromatic heterocycles. The Bertz CT molecular complexity index is 1810. The van der Waals surface area contributed by atoms with E-state index < -0.39 is 24.2 Å². The zero-order valence-corrected chi connectivity index (χ0v) is 30.3. The van der Waals surface area contributed by atoms with Gasteiger partial charge >= 0.3 is 18.4 Å². The van der Waals surface area contributed by atoms with Crippen LogP contribution in [0.25, 0.3) is 0 Å². The van der Waals surface area contributed by atoms with E-state index in [-0.39, 0.29) is 17.6 Å². The van der Waals surface area contributed by atoms with Crippen LogP contribution in [0.4, 0.5) is 57.7 Å². The Morgan fingerprint density at radius 1 is 0.698 bits per heavy atom. The van der Waals surface area contributed by atoms with Gasteiger partial charge in [-0.2, -0.15) is 9.97 Å². The van der Waals surface area contributed by atoms with Crippen molar-refractivity contribution in [3.05, 3.63) is 77.6 Å². The molecular weight excluding hydrogens is 693 g/mol. The number of alkyl halides is 3. The highest BCUT2D eigenvalue weighted by Gasteiger charge is 2.31. The molecule has 0 aliphatic heterocycles. The van der Waals surface area contributed by atoms with Crippen LogP contribution in [0.15, 0.2) is 60.7 Å². The lowest BCUT2D eigenvalue weighted by Gasteiger charge is -2.18. The van der Waals surface area contributed by atoms with Crippen LogP contribution >= 0.6 is 0 Å². The van der Waals surface area contributed by atoms with Crippen molar-refractivity contribution in [2.24, 2.45) is 0 Å². The summed E-state index contributed by atoms with van der Waals surface area (Å²) >= 11 is 0. The van der Waals surface area contributed by atoms with Crippen molar-refractivity contribution in [2.45, 2.75) is 39.6 Å². The first-order chi connectivity index (χ1) is 25.2. The fourth-order valence-corrected chi connectivity index (χ4v) is 5.01. The average molecular weight is 739 g/mol. The molecular formula is C35H45F3N12O3. The molecule has 2 aromatic carbocycles. The minimum atomic E-state index is -4.81. The number of aromatic nitrogens is 4. The summed E-state index contributed by atoms with van der Waals surface area (Å²) in [5.41, 5.74) is 3.25. The van der Waals surface area contributed by atoms with Gasteiger partial charge in [0.05, 0.1) is 0 Å². The zero-order chi connectivity index (χ0) is 38.4. The lowest BCUT2D eigenvalue weighted by molar-refractivity contribution is -0.274. The minimum Gasteiger partial charge on any atom is -0.406 e. The highest BCUT2D eigenvalue weighted by atomic mass is 19.4. The summed E-state index contributed by atoms with van der Waals surface area (Å²) in [6.07, 6.45) is -3.08. The third kappa shape index (κ3) is 15.2. The second-order valence-electron chi connectivity index (χ2n) is 12.5. The number of nitrogens with one attached hydrogen (secondary N) is 6. The first-order valence-corrected chi connectivity index (χ1v) is 16.8. The molecule has 0 unspecified atom stereocenters. The summed E-state index contributed by atoms with van der Waals surface area (Å²) in [7, 11) is 6.05. The Morgan fingerprint density at radius 3 is 1.79 bits per heavy atom. The van der Waals surface area contributed by atoms with Crippen LogP contribution < -0.4 is 36.6 Å². The number of nitrogens with zero attached hydrogens (tertiary/aromatic N) is 6. The molecule has 0 aliphatic rings. The Kier molecular flexibility index (Phi) is 14.5. The summed E-state index contributed by atoms with van der Waals surface area (Å²) in [5.74, 6) is 1.03. The molecule has 0 spiro atoms. The number of rotatable bonds is 17. The normalized spacial score (nSPS) is 11.3. The zero-order valence-electron chi connectivity index (χ0n) is 30.3. The Balaban J connectivity index is 1.19. The standard InChI is InChI=1S/C35H45F3N12O3/c1-23-19-29(39-15-7-17-49(3)4)45-32(42-23)48-34(52)44-27-10-6-9-25(21-27)22-50(5)18-8-16-40-30-20-24(2)41-31(46-30)47-33(51)43-26-11-13-28(14-12-26)53-35(36,37)38/h6,9-14,19-21H,7-8,15-18,22H2,1-5H3,(H3,39,42,44,45,48,52)(H3,40,41,43,46,47,51). The van der Waals surface area contributed by atoms with E-state index in [2.05, 4.69) is 66.4 Å². The van der Waals surface area contributed by atoms with E-state index in [9.17, 15) is 22.8 Å². The lowest BCUT2D eigenvalue weighted by atomic mass is 10.2. The highest BCUT2D eigenvalue weighted by molar-refractivity contribution is 5.99. The largest absolute Gasteiger partial charge is 0.573 e. The topological polar surface area (TPSA) is 174 Å². The molecule has 2 heterocycles. The maximum absolute atomic E-state index is 12.8. The molecule has 4 aromatic rings. The van der Waals surface area contributed by atoms with Crippen molar-refractivity contribution in [3.63, 3.8) is 0 Å². The van der Waals surface area contributed by atoms with Gasteiger partial charge in [0.15, 0.2) is 0 Å².